The fourth-order valence-electron chi connectivity index (χ4n) is 4.26. The monoisotopic (exact) mass is 449 g/mol. The molecular formula is C26H31N3O4. The van der Waals surface area contributed by atoms with E-state index in [2.05, 4.69) is 10.6 Å². The zero-order valence-electron chi connectivity index (χ0n) is 18.9. The lowest BCUT2D eigenvalue weighted by Gasteiger charge is -2.26. The van der Waals surface area contributed by atoms with Gasteiger partial charge in [-0.2, -0.15) is 0 Å². The zero-order chi connectivity index (χ0) is 23.0. The number of rotatable bonds is 8. The number of carbonyl (C=O) groups is 3. The van der Waals surface area contributed by atoms with Gasteiger partial charge in [0.25, 0.3) is 5.91 Å². The van der Waals surface area contributed by atoms with Crippen LogP contribution in [0.5, 0.6) is 5.75 Å². The van der Waals surface area contributed by atoms with Crippen molar-refractivity contribution in [3.8, 4) is 5.75 Å². The van der Waals surface area contributed by atoms with Crippen LogP contribution in [0.1, 0.15) is 60.0 Å². The maximum Gasteiger partial charge on any atom is 0.253 e. The summed E-state index contributed by atoms with van der Waals surface area (Å²) < 4.78 is 5.78. The molecule has 3 amide bonds. The normalized spacial score (nSPS) is 15.4. The molecule has 7 nitrogen and oxygen atoms in total. The largest absolute Gasteiger partial charge is 0.494 e. The summed E-state index contributed by atoms with van der Waals surface area (Å²) in [7, 11) is 0. The van der Waals surface area contributed by atoms with Crippen LogP contribution in [0.25, 0.3) is 0 Å². The van der Waals surface area contributed by atoms with Crippen LogP contribution in [0.15, 0.2) is 42.5 Å². The molecule has 4 rings (SSSR count). The molecule has 1 fully saturated rings. The van der Waals surface area contributed by atoms with Crippen LogP contribution in [-0.4, -0.2) is 42.3 Å². The van der Waals surface area contributed by atoms with Gasteiger partial charge in [0.15, 0.2) is 0 Å². The van der Waals surface area contributed by atoms with Crippen molar-refractivity contribution in [3.63, 3.8) is 0 Å². The molecule has 174 valence electrons. The van der Waals surface area contributed by atoms with Gasteiger partial charge in [0, 0.05) is 43.7 Å². The molecule has 2 heterocycles. The smallest absolute Gasteiger partial charge is 0.253 e. The molecule has 2 aromatic rings. The first-order valence-corrected chi connectivity index (χ1v) is 11.8. The van der Waals surface area contributed by atoms with Crippen LogP contribution < -0.4 is 15.4 Å². The van der Waals surface area contributed by atoms with Gasteiger partial charge in [-0.1, -0.05) is 12.1 Å². The van der Waals surface area contributed by atoms with E-state index >= 15 is 0 Å². The van der Waals surface area contributed by atoms with Crippen LogP contribution in [0, 0.1) is 0 Å². The predicted molar refractivity (Wildman–Crippen MR) is 126 cm³/mol. The summed E-state index contributed by atoms with van der Waals surface area (Å²) in [6.07, 6.45) is 5.50. The van der Waals surface area contributed by atoms with Crippen molar-refractivity contribution >= 4 is 23.4 Å². The van der Waals surface area contributed by atoms with Gasteiger partial charge in [-0.25, -0.2) is 0 Å². The number of ether oxygens (including phenoxy) is 1. The van der Waals surface area contributed by atoms with Gasteiger partial charge >= 0.3 is 0 Å². The minimum absolute atomic E-state index is 0.0421. The average Bonchev–Trinajstić information content (AvgIpc) is 2.85. The Labute approximate surface area is 194 Å². The lowest BCUT2D eigenvalue weighted by atomic mass is 10.0. The topological polar surface area (TPSA) is 87.7 Å². The third-order valence-electron chi connectivity index (χ3n) is 6.10. The highest BCUT2D eigenvalue weighted by atomic mass is 16.5. The second-order valence-corrected chi connectivity index (χ2v) is 8.65. The quantitative estimate of drug-likeness (QED) is 0.602. The molecule has 0 unspecified atom stereocenters. The van der Waals surface area contributed by atoms with Crippen LogP contribution in [0.2, 0.25) is 0 Å². The van der Waals surface area contributed by atoms with Gasteiger partial charge in [-0.15, -0.1) is 0 Å². The molecular weight excluding hydrogens is 418 g/mol. The number of amides is 3. The highest BCUT2D eigenvalue weighted by molar-refractivity contribution is 5.94. The minimum atomic E-state index is -0.0421. The zero-order valence-corrected chi connectivity index (χ0v) is 18.9. The third-order valence-corrected chi connectivity index (χ3v) is 6.10. The van der Waals surface area contributed by atoms with E-state index in [4.69, 9.17) is 4.74 Å². The van der Waals surface area contributed by atoms with Crippen molar-refractivity contribution in [2.24, 2.45) is 0 Å². The van der Waals surface area contributed by atoms with Gasteiger partial charge in [-0.3, -0.25) is 14.4 Å². The van der Waals surface area contributed by atoms with E-state index in [1.165, 1.54) is 6.42 Å². The predicted octanol–water partition coefficient (Wildman–Crippen LogP) is 3.67. The second kappa shape index (κ2) is 11.0. The summed E-state index contributed by atoms with van der Waals surface area (Å²) >= 11 is 0. The summed E-state index contributed by atoms with van der Waals surface area (Å²) in [4.78, 5) is 38.3. The van der Waals surface area contributed by atoms with E-state index < -0.39 is 0 Å². The Bertz CT molecular complexity index is 1010. The fraction of sp³-hybridized carbons (Fsp3) is 0.423. The molecule has 0 spiro atoms. The molecule has 0 bridgehead atoms. The first kappa shape index (κ1) is 22.8. The number of anilines is 1. The number of benzene rings is 2. The summed E-state index contributed by atoms with van der Waals surface area (Å²) in [5, 5.41) is 5.78. The highest BCUT2D eigenvalue weighted by Crippen LogP contribution is 2.26. The first-order valence-electron chi connectivity index (χ1n) is 11.8. The molecule has 0 saturated carbocycles. The molecule has 0 atom stereocenters. The van der Waals surface area contributed by atoms with Gasteiger partial charge in [0.05, 0.1) is 6.61 Å². The second-order valence-electron chi connectivity index (χ2n) is 8.65. The van der Waals surface area contributed by atoms with Gasteiger partial charge in [0.1, 0.15) is 5.75 Å². The van der Waals surface area contributed by atoms with E-state index in [1.807, 2.05) is 47.4 Å². The Morgan fingerprint density at radius 2 is 1.88 bits per heavy atom. The van der Waals surface area contributed by atoms with E-state index in [-0.39, 0.29) is 17.7 Å². The van der Waals surface area contributed by atoms with Crippen LogP contribution in [0.3, 0.4) is 0 Å². The lowest BCUT2D eigenvalue weighted by molar-refractivity contribution is -0.121. The molecule has 2 aliphatic rings. The van der Waals surface area contributed by atoms with Crippen molar-refractivity contribution in [1.82, 2.24) is 10.2 Å². The van der Waals surface area contributed by atoms with Crippen LogP contribution >= 0.6 is 0 Å². The van der Waals surface area contributed by atoms with Gasteiger partial charge < -0.3 is 20.3 Å². The van der Waals surface area contributed by atoms with Crippen molar-refractivity contribution < 1.29 is 19.1 Å². The Balaban J connectivity index is 1.18. The number of hydrogen-bond acceptors (Lipinski definition) is 4. The summed E-state index contributed by atoms with van der Waals surface area (Å²) in [6.45, 7) is 2.49. The standard InChI is InChI=1S/C26H31N3O4/c30-24(8-5-15-33-22-10-11-23-20(17-22)9-12-25(31)28-23)27-18-19-6-4-7-21(16-19)26(32)29-13-2-1-3-14-29/h4,6-7,10-11,16-17H,1-3,5,8-9,12-15,18H2,(H,27,30)(H,28,31). The van der Waals surface area contributed by atoms with Crippen molar-refractivity contribution in [2.45, 2.75) is 51.5 Å². The molecule has 1 saturated heterocycles. The average molecular weight is 450 g/mol. The lowest BCUT2D eigenvalue weighted by Crippen LogP contribution is -2.35. The summed E-state index contributed by atoms with van der Waals surface area (Å²) in [6, 6.07) is 13.2. The van der Waals surface area contributed by atoms with E-state index in [0.29, 0.717) is 44.4 Å². The molecule has 33 heavy (non-hydrogen) atoms. The molecule has 2 aliphatic heterocycles. The molecule has 2 aromatic carbocycles. The fourth-order valence-corrected chi connectivity index (χ4v) is 4.26. The minimum Gasteiger partial charge on any atom is -0.494 e. The van der Waals surface area contributed by atoms with Crippen molar-refractivity contribution in [1.29, 1.82) is 0 Å². The van der Waals surface area contributed by atoms with Gasteiger partial charge in [-0.05, 0) is 73.6 Å². The molecule has 7 heteroatoms. The van der Waals surface area contributed by atoms with Crippen molar-refractivity contribution in [3.05, 3.63) is 59.2 Å². The molecule has 0 aliphatic carbocycles. The van der Waals surface area contributed by atoms with E-state index in [1.54, 1.807) is 0 Å². The molecule has 0 radical (unpaired) electrons. The third kappa shape index (κ3) is 6.34. The van der Waals surface area contributed by atoms with Crippen molar-refractivity contribution in [2.75, 3.05) is 25.0 Å². The van der Waals surface area contributed by atoms with E-state index in [0.717, 1.165) is 48.5 Å². The maximum atomic E-state index is 12.7. The Morgan fingerprint density at radius 3 is 2.73 bits per heavy atom. The highest BCUT2D eigenvalue weighted by Gasteiger charge is 2.18. The number of nitrogens with one attached hydrogen (secondary N) is 2. The number of piperidine rings is 1. The number of aryl methyl sites for hydroxylation is 1. The van der Waals surface area contributed by atoms with Crippen LogP contribution in [0.4, 0.5) is 5.69 Å². The van der Waals surface area contributed by atoms with Crippen LogP contribution in [-0.2, 0) is 22.6 Å². The Hall–Kier alpha value is -3.35. The first-order chi connectivity index (χ1) is 16.1. The number of fused-ring (bicyclic) bond motifs is 1. The summed E-state index contributed by atoms with van der Waals surface area (Å²) in [5.41, 5.74) is 3.52. The Kier molecular flexibility index (Phi) is 7.60. The molecule has 0 aromatic heterocycles. The SMILES string of the molecule is O=C(CCCOc1ccc2c(c1)CCC(=O)N2)NCc1cccc(C(=O)N2CCCCC2)c1. The number of nitrogens with zero attached hydrogens (tertiary/aromatic N) is 1. The molecule has 2 N–H and O–H groups in total. The Morgan fingerprint density at radius 1 is 1.03 bits per heavy atom. The maximum absolute atomic E-state index is 12.7. The van der Waals surface area contributed by atoms with E-state index in [9.17, 15) is 14.4 Å². The number of hydrogen-bond donors (Lipinski definition) is 2. The van der Waals surface area contributed by atoms with Gasteiger partial charge in [0.2, 0.25) is 11.8 Å². The number of carbonyl (C=O) groups excluding carboxylic acids is 3. The number of likely N-dealkylation sites (tertiary alicyclic amines) is 1. The summed E-state index contributed by atoms with van der Waals surface area (Å²) in [5.74, 6) is 0.826.